The molecule has 1 radical (unpaired) electrons. The lowest BCUT2D eigenvalue weighted by Crippen LogP contribution is -1.71. The van der Waals surface area contributed by atoms with Crippen molar-refractivity contribution in [3.05, 3.63) is 53.3 Å². The number of benzene rings is 1. The van der Waals surface area contributed by atoms with Crippen LogP contribution in [0, 0.1) is 6.07 Å². The molecule has 1 aromatic carbocycles. The van der Waals surface area contributed by atoms with Crippen LogP contribution in [-0.2, 0) is 0 Å². The molecular formula is C10H9S. The van der Waals surface area contributed by atoms with Crippen LogP contribution in [0.2, 0.25) is 0 Å². The summed E-state index contributed by atoms with van der Waals surface area (Å²) >= 11 is 0. The molecule has 0 nitrogen and oxygen atoms in total. The lowest BCUT2D eigenvalue weighted by Gasteiger charge is -2.08. The van der Waals surface area contributed by atoms with Crippen LogP contribution < -0.4 is 0 Å². The van der Waals surface area contributed by atoms with Crippen molar-refractivity contribution in [2.24, 2.45) is 0 Å². The maximum atomic E-state index is 3.09. The molecule has 0 atom stereocenters. The maximum absolute atomic E-state index is 3.09. The van der Waals surface area contributed by atoms with E-state index in [2.05, 4.69) is 41.2 Å². The fourth-order valence-corrected chi connectivity index (χ4v) is 2.55. The largest absolute Gasteiger partial charge is 0.186 e. The number of allylic oxidation sites excluding steroid dienone is 2. The predicted molar refractivity (Wildman–Crippen MR) is 50.8 cm³/mol. The zero-order valence-electron chi connectivity index (χ0n) is 6.07. The molecule has 0 bridgehead atoms. The highest BCUT2D eigenvalue weighted by Gasteiger charge is 1.99. The molecule has 0 saturated carbocycles. The minimum Gasteiger partial charge on any atom is -0.186 e. The minimum absolute atomic E-state index is 0.133. The third-order valence-corrected chi connectivity index (χ3v) is 3.45. The Labute approximate surface area is 69.6 Å². The summed E-state index contributed by atoms with van der Waals surface area (Å²) in [7, 11) is -0.133. The molecule has 0 unspecified atom stereocenters. The standard InChI is InChI=1S/C10H9S/c1-2-6-10(7-3-1)11-8-4-5-9-11/h1-2,4-9,11H. The van der Waals surface area contributed by atoms with Gasteiger partial charge in [-0.2, -0.15) is 10.9 Å². The summed E-state index contributed by atoms with van der Waals surface area (Å²) < 4.78 is 0. The second-order valence-electron chi connectivity index (χ2n) is 2.35. The van der Waals surface area contributed by atoms with Gasteiger partial charge in [0.1, 0.15) is 0 Å². The number of hydrogen-bond acceptors (Lipinski definition) is 0. The highest BCUT2D eigenvalue weighted by molar-refractivity contribution is 8.22. The quantitative estimate of drug-likeness (QED) is 0.601. The van der Waals surface area contributed by atoms with E-state index >= 15 is 0 Å². The molecular weight excluding hydrogens is 152 g/mol. The van der Waals surface area contributed by atoms with Crippen LogP contribution >= 0.6 is 10.9 Å². The Morgan fingerprint density at radius 3 is 2.64 bits per heavy atom. The Morgan fingerprint density at radius 2 is 2.00 bits per heavy atom. The zero-order valence-corrected chi connectivity index (χ0v) is 6.96. The highest BCUT2D eigenvalue weighted by Crippen LogP contribution is 2.41. The van der Waals surface area contributed by atoms with Crippen LogP contribution in [0.3, 0.4) is 0 Å². The summed E-state index contributed by atoms with van der Waals surface area (Å²) in [6, 6.07) is 11.3. The first kappa shape index (κ1) is 6.74. The summed E-state index contributed by atoms with van der Waals surface area (Å²) in [6.45, 7) is 0. The molecule has 0 saturated heterocycles. The average Bonchev–Trinajstić information content (AvgIpc) is 2.58. The Kier molecular flexibility index (Phi) is 1.82. The lowest BCUT2D eigenvalue weighted by molar-refractivity contribution is 1.46. The van der Waals surface area contributed by atoms with Crippen molar-refractivity contribution in [2.45, 2.75) is 4.90 Å². The molecule has 1 aliphatic rings. The number of hydrogen-bond donors (Lipinski definition) is 1. The Balaban J connectivity index is 2.30. The van der Waals surface area contributed by atoms with Crippen LogP contribution in [0.5, 0.6) is 0 Å². The topological polar surface area (TPSA) is 0 Å². The predicted octanol–water partition coefficient (Wildman–Crippen LogP) is 2.89. The molecule has 0 spiro atoms. The second kappa shape index (κ2) is 2.97. The van der Waals surface area contributed by atoms with Crippen molar-refractivity contribution in [2.75, 3.05) is 0 Å². The van der Waals surface area contributed by atoms with Crippen LogP contribution in [0.15, 0.2) is 52.1 Å². The van der Waals surface area contributed by atoms with Crippen molar-refractivity contribution < 1.29 is 0 Å². The molecule has 0 aliphatic carbocycles. The van der Waals surface area contributed by atoms with Crippen LogP contribution in [0.4, 0.5) is 0 Å². The van der Waals surface area contributed by atoms with E-state index in [0.717, 1.165) is 0 Å². The van der Waals surface area contributed by atoms with Gasteiger partial charge in [-0.3, -0.25) is 0 Å². The minimum atomic E-state index is -0.133. The van der Waals surface area contributed by atoms with E-state index < -0.39 is 0 Å². The summed E-state index contributed by atoms with van der Waals surface area (Å²) in [5, 5.41) is 4.50. The smallest absolute Gasteiger partial charge is 0.00490 e. The molecule has 11 heavy (non-hydrogen) atoms. The Bertz CT molecular complexity index is 273. The van der Waals surface area contributed by atoms with E-state index in [1.807, 2.05) is 12.1 Å². The third-order valence-electron chi connectivity index (χ3n) is 1.59. The maximum Gasteiger partial charge on any atom is -0.00490 e. The van der Waals surface area contributed by atoms with Gasteiger partial charge in [-0.1, -0.05) is 24.3 Å². The van der Waals surface area contributed by atoms with Gasteiger partial charge in [0.05, 0.1) is 0 Å². The van der Waals surface area contributed by atoms with Gasteiger partial charge < -0.3 is 0 Å². The Hall–Kier alpha value is -0.950. The van der Waals surface area contributed by atoms with Crippen molar-refractivity contribution >= 4 is 10.9 Å². The molecule has 1 heterocycles. The van der Waals surface area contributed by atoms with Gasteiger partial charge in [0.25, 0.3) is 0 Å². The highest BCUT2D eigenvalue weighted by atomic mass is 32.2. The first-order valence-corrected chi connectivity index (χ1v) is 5.04. The van der Waals surface area contributed by atoms with Crippen LogP contribution in [0.1, 0.15) is 0 Å². The van der Waals surface area contributed by atoms with E-state index in [4.69, 9.17) is 0 Å². The summed E-state index contributed by atoms with van der Waals surface area (Å²) in [5.74, 6) is 0. The summed E-state index contributed by atoms with van der Waals surface area (Å²) in [5.41, 5.74) is 0. The van der Waals surface area contributed by atoms with Crippen molar-refractivity contribution in [3.63, 3.8) is 0 Å². The third kappa shape index (κ3) is 1.38. The fourth-order valence-electron chi connectivity index (χ4n) is 1.05. The SMILES string of the molecule is [c]1cccc([SH]2C=CC=C2)c1. The van der Waals surface area contributed by atoms with Gasteiger partial charge in [0, 0.05) is 0 Å². The van der Waals surface area contributed by atoms with Gasteiger partial charge in [0.15, 0.2) is 0 Å². The molecule has 0 fully saturated rings. The molecule has 0 N–H and O–H groups in total. The van der Waals surface area contributed by atoms with Crippen molar-refractivity contribution in [1.82, 2.24) is 0 Å². The van der Waals surface area contributed by atoms with Crippen molar-refractivity contribution in [1.29, 1.82) is 0 Å². The zero-order chi connectivity index (χ0) is 7.52. The van der Waals surface area contributed by atoms with Gasteiger partial charge in [-0.05, 0) is 33.9 Å². The monoisotopic (exact) mass is 161 g/mol. The first-order valence-electron chi connectivity index (χ1n) is 3.56. The average molecular weight is 161 g/mol. The second-order valence-corrected chi connectivity index (χ2v) is 4.28. The molecule has 1 aliphatic heterocycles. The molecule has 1 heteroatoms. The van der Waals surface area contributed by atoms with Gasteiger partial charge >= 0.3 is 0 Å². The van der Waals surface area contributed by atoms with Crippen LogP contribution in [0.25, 0.3) is 0 Å². The fraction of sp³-hybridized carbons (Fsp3) is 0. The van der Waals surface area contributed by atoms with Crippen molar-refractivity contribution in [3.8, 4) is 0 Å². The van der Waals surface area contributed by atoms with E-state index in [1.54, 1.807) is 0 Å². The molecule has 1 aromatic rings. The first-order chi connectivity index (χ1) is 5.47. The van der Waals surface area contributed by atoms with Crippen LogP contribution in [-0.4, -0.2) is 0 Å². The number of thiol groups is 1. The molecule has 55 valence electrons. The normalized spacial score (nSPS) is 17.6. The summed E-state index contributed by atoms with van der Waals surface area (Å²) in [6.07, 6.45) is 4.22. The Morgan fingerprint density at radius 1 is 1.18 bits per heavy atom. The van der Waals surface area contributed by atoms with E-state index in [-0.39, 0.29) is 10.9 Å². The van der Waals surface area contributed by atoms with Gasteiger partial charge in [0.2, 0.25) is 0 Å². The molecule has 0 aromatic heterocycles. The van der Waals surface area contributed by atoms with E-state index in [9.17, 15) is 0 Å². The van der Waals surface area contributed by atoms with E-state index in [0.29, 0.717) is 0 Å². The lowest BCUT2D eigenvalue weighted by atomic mass is 10.4. The summed E-state index contributed by atoms with van der Waals surface area (Å²) in [4.78, 5) is 1.38. The number of rotatable bonds is 1. The van der Waals surface area contributed by atoms with E-state index in [1.165, 1.54) is 4.90 Å². The van der Waals surface area contributed by atoms with Gasteiger partial charge in [-0.25, -0.2) is 0 Å². The molecule has 0 amide bonds. The van der Waals surface area contributed by atoms with Gasteiger partial charge in [-0.15, -0.1) is 0 Å². The molecule has 2 rings (SSSR count).